The van der Waals surface area contributed by atoms with Gasteiger partial charge < -0.3 is 0 Å². The van der Waals surface area contributed by atoms with Crippen LogP contribution in [0.4, 0.5) is 5.69 Å². The Morgan fingerprint density at radius 2 is 1.32 bits per heavy atom. The monoisotopic (exact) mass is 581 g/mol. The molecule has 5 aromatic rings. The quantitative estimate of drug-likeness (QED) is 0.158. The summed E-state index contributed by atoms with van der Waals surface area (Å²) in [4.78, 5) is 31.5. The lowest BCUT2D eigenvalue weighted by molar-refractivity contribution is 0.103. The van der Waals surface area contributed by atoms with Gasteiger partial charge in [0.15, 0.2) is 15.0 Å². The van der Waals surface area contributed by atoms with Gasteiger partial charge in [0.1, 0.15) is 5.03 Å². The smallest absolute Gasteiger partial charge is 0.236 e. The van der Waals surface area contributed by atoms with Crippen molar-refractivity contribution in [3.05, 3.63) is 136 Å². The molecule has 4 aromatic carbocycles. The number of allylic oxidation sites excluding steroid dienone is 1. The molecule has 0 bridgehead atoms. The van der Waals surface area contributed by atoms with Crippen molar-refractivity contribution in [3.63, 3.8) is 0 Å². The predicted octanol–water partition coefficient (Wildman–Crippen LogP) is 6.57. The number of rotatable bonds is 7. The van der Waals surface area contributed by atoms with Crippen LogP contribution in [0.25, 0.3) is 10.2 Å². The molecule has 0 amide bonds. The molecule has 40 heavy (non-hydrogen) atoms. The number of carbonyl (C=O) groups is 2. The molecule has 1 aliphatic rings. The van der Waals surface area contributed by atoms with Crippen molar-refractivity contribution in [3.8, 4) is 0 Å². The van der Waals surface area contributed by atoms with Gasteiger partial charge in [-0.05, 0) is 48.2 Å². The van der Waals surface area contributed by atoms with Crippen LogP contribution in [-0.4, -0.2) is 30.0 Å². The molecule has 196 valence electrons. The number of thiazole rings is 1. The standard InChI is InChI=1S/C30H19N3O4S3/c34-25(20-12-4-1-5-13-20)29-32-33(21-14-6-2-7-15-21)30(39-29)27(40(36,37)22-16-8-3-9-17-22)26(35)28-31-23-18-10-11-19-24(23)38-28/h1-19H/b30-27+. The number of hydrogen-bond acceptors (Lipinski definition) is 9. The molecule has 6 rings (SSSR count). The highest BCUT2D eigenvalue weighted by molar-refractivity contribution is 8.20. The van der Waals surface area contributed by atoms with Gasteiger partial charge in [0.2, 0.25) is 21.4 Å². The van der Waals surface area contributed by atoms with Gasteiger partial charge in [-0.15, -0.1) is 11.3 Å². The number of carbonyl (C=O) groups excluding carboxylic acids is 2. The fraction of sp³-hybridized carbons (Fsp3) is 0. The molecule has 2 heterocycles. The van der Waals surface area contributed by atoms with Gasteiger partial charge in [0.25, 0.3) is 0 Å². The number of fused-ring (bicyclic) bond motifs is 1. The number of Topliss-reactive ketones (excluding diaryl/α,β-unsaturated/α-hetero) is 2. The lowest BCUT2D eigenvalue weighted by Gasteiger charge is -2.18. The van der Waals surface area contributed by atoms with Crippen LogP contribution >= 0.6 is 23.1 Å². The van der Waals surface area contributed by atoms with E-state index in [1.807, 2.05) is 18.2 Å². The van der Waals surface area contributed by atoms with E-state index in [1.165, 1.54) is 17.1 Å². The van der Waals surface area contributed by atoms with Gasteiger partial charge in [-0.25, -0.2) is 18.4 Å². The number of aromatic nitrogens is 1. The minimum absolute atomic E-state index is 0.0126. The van der Waals surface area contributed by atoms with E-state index in [0.29, 0.717) is 16.8 Å². The van der Waals surface area contributed by atoms with E-state index >= 15 is 0 Å². The third-order valence-electron chi connectivity index (χ3n) is 6.02. The van der Waals surface area contributed by atoms with E-state index < -0.39 is 20.5 Å². The van der Waals surface area contributed by atoms with Crippen molar-refractivity contribution in [2.24, 2.45) is 5.10 Å². The van der Waals surface area contributed by atoms with Gasteiger partial charge in [-0.3, -0.25) is 9.59 Å². The molecule has 1 aromatic heterocycles. The van der Waals surface area contributed by atoms with Gasteiger partial charge in [0.05, 0.1) is 20.8 Å². The minimum Gasteiger partial charge on any atom is -0.286 e. The molecular weight excluding hydrogens is 563 g/mol. The Bertz CT molecular complexity index is 1890. The van der Waals surface area contributed by atoms with Crippen molar-refractivity contribution in [1.82, 2.24) is 4.98 Å². The Kier molecular flexibility index (Phi) is 6.89. The second kappa shape index (κ2) is 10.6. The van der Waals surface area contributed by atoms with E-state index in [1.54, 1.807) is 84.9 Å². The molecule has 0 aliphatic carbocycles. The van der Waals surface area contributed by atoms with E-state index in [2.05, 4.69) is 10.1 Å². The van der Waals surface area contributed by atoms with Gasteiger partial charge in [-0.2, -0.15) is 5.10 Å². The zero-order valence-electron chi connectivity index (χ0n) is 20.7. The highest BCUT2D eigenvalue weighted by atomic mass is 32.2. The summed E-state index contributed by atoms with van der Waals surface area (Å²) in [6, 6.07) is 32.4. The molecule has 0 saturated heterocycles. The van der Waals surface area contributed by atoms with Crippen LogP contribution in [-0.2, 0) is 9.84 Å². The number of hydrazone groups is 1. The van der Waals surface area contributed by atoms with Crippen LogP contribution in [0.3, 0.4) is 0 Å². The van der Waals surface area contributed by atoms with Crippen molar-refractivity contribution >= 4 is 65.5 Å². The fourth-order valence-electron chi connectivity index (χ4n) is 4.10. The largest absolute Gasteiger partial charge is 0.286 e. The number of para-hydroxylation sites is 2. The molecule has 7 nitrogen and oxygen atoms in total. The fourth-order valence-corrected chi connectivity index (χ4v) is 7.87. The van der Waals surface area contributed by atoms with Gasteiger partial charge in [0, 0.05) is 5.56 Å². The van der Waals surface area contributed by atoms with E-state index in [4.69, 9.17) is 0 Å². The number of anilines is 1. The second-order valence-electron chi connectivity index (χ2n) is 8.62. The zero-order chi connectivity index (χ0) is 27.7. The Morgan fingerprint density at radius 3 is 2.00 bits per heavy atom. The molecule has 0 fully saturated rings. The number of nitrogens with zero attached hydrogens (tertiary/aromatic N) is 3. The Hall–Kier alpha value is -4.38. The van der Waals surface area contributed by atoms with Crippen LogP contribution in [0, 0.1) is 0 Å². The lowest BCUT2D eigenvalue weighted by atomic mass is 10.1. The third-order valence-corrected chi connectivity index (χ3v) is 10.0. The second-order valence-corrected chi connectivity index (χ2v) is 12.5. The lowest BCUT2D eigenvalue weighted by Crippen LogP contribution is -2.21. The average molecular weight is 582 g/mol. The summed E-state index contributed by atoms with van der Waals surface area (Å²) in [5, 5.41) is 5.97. The molecule has 1 aliphatic heterocycles. The van der Waals surface area contributed by atoms with Crippen molar-refractivity contribution in [2.75, 3.05) is 5.01 Å². The summed E-state index contributed by atoms with van der Waals surface area (Å²) >= 11 is 1.97. The Balaban J connectivity index is 1.58. The van der Waals surface area contributed by atoms with Crippen molar-refractivity contribution in [2.45, 2.75) is 4.90 Å². The first-order valence-corrected chi connectivity index (χ1v) is 15.2. The maximum absolute atomic E-state index is 14.2. The van der Waals surface area contributed by atoms with E-state index in [9.17, 15) is 18.0 Å². The topological polar surface area (TPSA) is 96.8 Å². The zero-order valence-corrected chi connectivity index (χ0v) is 23.1. The SMILES string of the molecule is O=C(C1=NN(c2ccccc2)/C(=C(/C(=O)c2nc3ccccc3s2)S(=O)(=O)c2ccccc2)S1)c1ccccc1. The molecule has 0 radical (unpaired) electrons. The first-order valence-electron chi connectivity index (χ1n) is 12.1. The highest BCUT2D eigenvalue weighted by Gasteiger charge is 2.40. The maximum Gasteiger partial charge on any atom is 0.236 e. The summed E-state index contributed by atoms with van der Waals surface area (Å²) in [7, 11) is -4.37. The summed E-state index contributed by atoms with van der Waals surface area (Å²) in [6.45, 7) is 0. The van der Waals surface area contributed by atoms with Gasteiger partial charge >= 0.3 is 0 Å². The van der Waals surface area contributed by atoms with Crippen LogP contribution < -0.4 is 5.01 Å². The number of ketones is 2. The summed E-state index contributed by atoms with van der Waals surface area (Å²) in [5.41, 5.74) is 1.49. The number of thioether (sulfide) groups is 1. The number of hydrogen-bond donors (Lipinski definition) is 0. The average Bonchev–Trinajstić information content (AvgIpc) is 3.63. The predicted molar refractivity (Wildman–Crippen MR) is 159 cm³/mol. The maximum atomic E-state index is 14.2. The van der Waals surface area contributed by atoms with Crippen molar-refractivity contribution in [1.29, 1.82) is 0 Å². The van der Waals surface area contributed by atoms with Crippen LogP contribution in [0.15, 0.2) is 135 Å². The van der Waals surface area contributed by atoms with Crippen LogP contribution in [0.5, 0.6) is 0 Å². The Morgan fingerprint density at radius 1 is 0.725 bits per heavy atom. The number of sulfone groups is 1. The molecule has 0 unspecified atom stereocenters. The highest BCUT2D eigenvalue weighted by Crippen LogP contribution is 2.42. The van der Waals surface area contributed by atoms with E-state index in [0.717, 1.165) is 27.8 Å². The molecule has 0 saturated carbocycles. The summed E-state index contributed by atoms with van der Waals surface area (Å²) in [5.74, 6) is -1.15. The van der Waals surface area contributed by atoms with Crippen LogP contribution in [0.1, 0.15) is 20.2 Å². The normalized spacial score (nSPS) is 14.7. The Labute approximate surface area is 238 Å². The first-order chi connectivity index (χ1) is 19.4. The van der Waals surface area contributed by atoms with E-state index in [-0.39, 0.29) is 25.8 Å². The van der Waals surface area contributed by atoms with Crippen LogP contribution in [0.2, 0.25) is 0 Å². The molecule has 10 heteroatoms. The van der Waals surface area contributed by atoms with Gasteiger partial charge in [-0.1, -0.05) is 78.9 Å². The third kappa shape index (κ3) is 4.77. The summed E-state index contributed by atoms with van der Waals surface area (Å²) in [6.07, 6.45) is 0. The molecule has 0 atom stereocenters. The molecule has 0 N–H and O–H groups in total. The number of benzene rings is 4. The molecular formula is C30H19N3O4S3. The molecule has 0 spiro atoms. The van der Waals surface area contributed by atoms with Crippen molar-refractivity contribution < 1.29 is 18.0 Å². The summed E-state index contributed by atoms with van der Waals surface area (Å²) < 4.78 is 29.1. The minimum atomic E-state index is -4.37. The first kappa shape index (κ1) is 25.9.